The van der Waals surface area contributed by atoms with Crippen molar-refractivity contribution in [1.29, 1.82) is 0 Å². The van der Waals surface area contributed by atoms with Gasteiger partial charge < -0.3 is 11.1 Å². The fourth-order valence-corrected chi connectivity index (χ4v) is 1.75. The largest absolute Gasteiger partial charge is 0.374 e. The van der Waals surface area contributed by atoms with E-state index in [2.05, 4.69) is 5.32 Å². The van der Waals surface area contributed by atoms with E-state index in [1.54, 1.807) is 11.8 Å². The minimum atomic E-state index is -0.313. The van der Waals surface area contributed by atoms with Gasteiger partial charge in [-0.1, -0.05) is 13.0 Å². The molecule has 1 amide bonds. The van der Waals surface area contributed by atoms with Gasteiger partial charge >= 0.3 is 0 Å². The molecule has 0 aliphatic rings. The summed E-state index contributed by atoms with van der Waals surface area (Å²) in [4.78, 5) is 12.2. The van der Waals surface area contributed by atoms with Crippen LogP contribution in [0.25, 0.3) is 0 Å². The van der Waals surface area contributed by atoms with Crippen LogP contribution in [-0.4, -0.2) is 18.2 Å². The number of hydrogen-bond acceptors (Lipinski definition) is 3. The quantitative estimate of drug-likeness (QED) is 0.753. The summed E-state index contributed by atoms with van der Waals surface area (Å²) in [5.74, 6) is -0.313. The first-order valence-corrected chi connectivity index (χ1v) is 6.09. The monoisotopic (exact) mass is 224 g/mol. The van der Waals surface area contributed by atoms with E-state index in [1.165, 1.54) is 4.90 Å². The predicted octanol–water partition coefficient (Wildman–Crippen LogP) is 2.08. The van der Waals surface area contributed by atoms with Crippen LogP contribution in [0.3, 0.4) is 0 Å². The maximum absolute atomic E-state index is 11.0. The molecule has 1 unspecified atom stereocenters. The van der Waals surface area contributed by atoms with Gasteiger partial charge in [0.25, 0.3) is 0 Å². The highest BCUT2D eigenvalue weighted by atomic mass is 32.2. The number of carbonyl (C=O) groups excluding carboxylic acids is 1. The van der Waals surface area contributed by atoms with Crippen molar-refractivity contribution in [3.63, 3.8) is 0 Å². The van der Waals surface area contributed by atoms with Crippen LogP contribution in [0, 0.1) is 0 Å². The summed E-state index contributed by atoms with van der Waals surface area (Å²) < 4.78 is 0. The molecule has 1 atom stereocenters. The van der Waals surface area contributed by atoms with E-state index in [-0.39, 0.29) is 11.9 Å². The molecule has 0 radical (unpaired) electrons. The van der Waals surface area contributed by atoms with Crippen LogP contribution >= 0.6 is 11.8 Å². The van der Waals surface area contributed by atoms with Crippen LogP contribution in [-0.2, 0) is 4.79 Å². The Morgan fingerprint density at radius 2 is 2.33 bits per heavy atom. The molecule has 15 heavy (non-hydrogen) atoms. The normalized spacial score (nSPS) is 12.1. The molecule has 4 heteroatoms. The smallest absolute Gasteiger partial charge is 0.239 e. The number of nitrogens with one attached hydrogen (secondary N) is 1. The van der Waals surface area contributed by atoms with Crippen molar-refractivity contribution < 1.29 is 4.79 Å². The molecule has 82 valence electrons. The number of hydrogen-bond donors (Lipinski definition) is 2. The Morgan fingerprint density at radius 1 is 1.60 bits per heavy atom. The number of benzene rings is 1. The molecule has 0 aliphatic carbocycles. The lowest BCUT2D eigenvalue weighted by atomic mass is 10.2. The van der Waals surface area contributed by atoms with Crippen LogP contribution < -0.4 is 11.1 Å². The summed E-state index contributed by atoms with van der Waals surface area (Å²) in [5, 5.41) is 3.11. The number of nitrogens with two attached hydrogens (primary N) is 1. The first-order valence-electron chi connectivity index (χ1n) is 4.87. The zero-order chi connectivity index (χ0) is 11.3. The highest BCUT2D eigenvalue weighted by Gasteiger charge is 2.11. The zero-order valence-corrected chi connectivity index (χ0v) is 9.80. The molecule has 3 nitrogen and oxygen atoms in total. The second-order valence-corrected chi connectivity index (χ2v) is 4.12. The standard InChI is InChI=1S/C11H16N2OS/c1-3-10(11(12)14)13-8-5-4-6-9(7-8)15-2/h4-7,10,13H,3H2,1-2H3,(H2,12,14). The predicted molar refractivity (Wildman–Crippen MR) is 65.1 cm³/mol. The van der Waals surface area contributed by atoms with E-state index in [0.717, 1.165) is 5.69 Å². The van der Waals surface area contributed by atoms with Gasteiger partial charge in [0.2, 0.25) is 5.91 Å². The highest BCUT2D eigenvalue weighted by Crippen LogP contribution is 2.19. The molecule has 0 saturated carbocycles. The number of anilines is 1. The molecule has 0 bridgehead atoms. The molecular formula is C11H16N2OS. The van der Waals surface area contributed by atoms with E-state index in [0.29, 0.717) is 6.42 Å². The average Bonchev–Trinajstić information content (AvgIpc) is 2.25. The maximum atomic E-state index is 11.0. The Bertz CT molecular complexity index is 341. The molecule has 0 aliphatic heterocycles. The van der Waals surface area contributed by atoms with Crippen molar-refractivity contribution in [2.45, 2.75) is 24.3 Å². The van der Waals surface area contributed by atoms with Crippen LogP contribution in [0.2, 0.25) is 0 Å². The molecule has 0 fully saturated rings. The van der Waals surface area contributed by atoms with Gasteiger partial charge in [-0.3, -0.25) is 4.79 Å². The second kappa shape index (κ2) is 5.66. The summed E-state index contributed by atoms with van der Waals surface area (Å²) in [6.07, 6.45) is 2.71. The summed E-state index contributed by atoms with van der Waals surface area (Å²) in [6, 6.07) is 7.65. The molecule has 0 heterocycles. The van der Waals surface area contributed by atoms with Crippen LogP contribution in [0.4, 0.5) is 5.69 Å². The Kier molecular flexibility index (Phi) is 4.49. The lowest BCUT2D eigenvalue weighted by molar-refractivity contribution is -0.118. The zero-order valence-electron chi connectivity index (χ0n) is 8.99. The van der Waals surface area contributed by atoms with Crippen molar-refractivity contribution >= 4 is 23.4 Å². The Labute approximate surface area is 94.4 Å². The van der Waals surface area contributed by atoms with E-state index >= 15 is 0 Å². The molecule has 0 saturated heterocycles. The van der Waals surface area contributed by atoms with E-state index in [4.69, 9.17) is 5.73 Å². The molecular weight excluding hydrogens is 208 g/mol. The third-order valence-corrected chi connectivity index (χ3v) is 2.89. The van der Waals surface area contributed by atoms with Gasteiger partial charge in [0.1, 0.15) is 6.04 Å². The Hall–Kier alpha value is -1.16. The number of amides is 1. The molecule has 1 aromatic carbocycles. The minimum Gasteiger partial charge on any atom is -0.374 e. The van der Waals surface area contributed by atoms with Crippen molar-refractivity contribution in [1.82, 2.24) is 0 Å². The summed E-state index contributed by atoms with van der Waals surface area (Å²) in [7, 11) is 0. The van der Waals surface area contributed by atoms with Crippen molar-refractivity contribution in [2.75, 3.05) is 11.6 Å². The second-order valence-electron chi connectivity index (χ2n) is 3.24. The minimum absolute atomic E-state index is 0.290. The lowest BCUT2D eigenvalue weighted by Crippen LogP contribution is -2.34. The SMILES string of the molecule is CCC(Nc1cccc(SC)c1)C(N)=O. The highest BCUT2D eigenvalue weighted by molar-refractivity contribution is 7.98. The summed E-state index contributed by atoms with van der Waals surface area (Å²) in [5.41, 5.74) is 6.20. The number of thioether (sulfide) groups is 1. The van der Waals surface area contributed by atoms with Crippen LogP contribution in [0.1, 0.15) is 13.3 Å². The molecule has 0 aromatic heterocycles. The van der Waals surface area contributed by atoms with Crippen molar-refractivity contribution in [3.05, 3.63) is 24.3 Å². The third-order valence-electron chi connectivity index (χ3n) is 2.16. The average molecular weight is 224 g/mol. The van der Waals surface area contributed by atoms with Gasteiger partial charge in [-0.25, -0.2) is 0 Å². The Balaban J connectivity index is 2.74. The first-order chi connectivity index (χ1) is 7.17. The summed E-state index contributed by atoms with van der Waals surface area (Å²) in [6.45, 7) is 1.93. The van der Waals surface area contributed by atoms with Crippen molar-refractivity contribution in [2.24, 2.45) is 5.73 Å². The van der Waals surface area contributed by atoms with Gasteiger partial charge in [-0.15, -0.1) is 11.8 Å². The van der Waals surface area contributed by atoms with E-state index in [9.17, 15) is 4.79 Å². The molecule has 0 spiro atoms. The third kappa shape index (κ3) is 3.47. The lowest BCUT2D eigenvalue weighted by Gasteiger charge is -2.14. The van der Waals surface area contributed by atoms with Gasteiger partial charge in [0, 0.05) is 10.6 Å². The van der Waals surface area contributed by atoms with E-state index in [1.807, 2.05) is 37.4 Å². The molecule has 3 N–H and O–H groups in total. The number of carbonyl (C=O) groups is 1. The summed E-state index contributed by atoms with van der Waals surface area (Å²) >= 11 is 1.67. The van der Waals surface area contributed by atoms with E-state index < -0.39 is 0 Å². The van der Waals surface area contributed by atoms with Crippen LogP contribution in [0.15, 0.2) is 29.2 Å². The molecule has 1 aromatic rings. The van der Waals surface area contributed by atoms with Crippen molar-refractivity contribution in [3.8, 4) is 0 Å². The van der Waals surface area contributed by atoms with Gasteiger partial charge in [0.15, 0.2) is 0 Å². The topological polar surface area (TPSA) is 55.1 Å². The first kappa shape index (κ1) is 11.9. The van der Waals surface area contributed by atoms with Gasteiger partial charge in [-0.05, 0) is 30.9 Å². The fourth-order valence-electron chi connectivity index (χ4n) is 1.29. The fraction of sp³-hybridized carbons (Fsp3) is 0.364. The maximum Gasteiger partial charge on any atom is 0.239 e. The Morgan fingerprint density at radius 3 is 2.87 bits per heavy atom. The number of primary amides is 1. The van der Waals surface area contributed by atoms with Gasteiger partial charge in [0.05, 0.1) is 0 Å². The molecule has 1 rings (SSSR count). The van der Waals surface area contributed by atoms with Gasteiger partial charge in [-0.2, -0.15) is 0 Å². The number of rotatable bonds is 5. The van der Waals surface area contributed by atoms with Crippen LogP contribution in [0.5, 0.6) is 0 Å².